The van der Waals surface area contributed by atoms with Crippen molar-refractivity contribution in [3.05, 3.63) is 54.1 Å². The molecule has 144 valence electrons. The standard InChI is InChI=1S/C21H24O6/c1-13-10-19(27-18(12-22)20(13)23)26-17-9-4-3-8-16(17)14-6-5-7-15(11-14)21(24)25-2/h3-9,11,13,18-20,22-23H,10,12H2,1-2H3/t13-,18-,19-,20-/m1/s1. The Kier molecular flexibility index (Phi) is 6.11. The van der Waals surface area contributed by atoms with Crippen molar-refractivity contribution >= 4 is 5.97 Å². The van der Waals surface area contributed by atoms with E-state index >= 15 is 0 Å². The lowest BCUT2D eigenvalue weighted by Gasteiger charge is -2.37. The minimum absolute atomic E-state index is 0.0595. The predicted molar refractivity (Wildman–Crippen MR) is 99.4 cm³/mol. The Balaban J connectivity index is 1.86. The molecule has 2 N–H and O–H groups in total. The molecule has 1 heterocycles. The predicted octanol–water partition coefficient (Wildman–Crippen LogP) is 2.62. The van der Waals surface area contributed by atoms with Crippen LogP contribution in [0.25, 0.3) is 11.1 Å². The lowest BCUT2D eigenvalue weighted by atomic mass is 9.93. The van der Waals surface area contributed by atoms with Crippen LogP contribution in [0, 0.1) is 5.92 Å². The molecule has 0 amide bonds. The highest BCUT2D eigenvalue weighted by Gasteiger charge is 2.36. The van der Waals surface area contributed by atoms with Gasteiger partial charge in [0.05, 0.1) is 25.4 Å². The highest BCUT2D eigenvalue weighted by molar-refractivity contribution is 5.91. The number of ether oxygens (including phenoxy) is 3. The lowest BCUT2D eigenvalue weighted by molar-refractivity contribution is -0.213. The van der Waals surface area contributed by atoms with Crippen LogP contribution < -0.4 is 4.74 Å². The maximum Gasteiger partial charge on any atom is 0.337 e. The summed E-state index contributed by atoms with van der Waals surface area (Å²) in [6, 6.07) is 14.6. The topological polar surface area (TPSA) is 85.2 Å². The van der Waals surface area contributed by atoms with Gasteiger partial charge < -0.3 is 24.4 Å². The zero-order chi connectivity index (χ0) is 19.4. The van der Waals surface area contributed by atoms with Crippen LogP contribution in [0.1, 0.15) is 23.7 Å². The second-order valence-electron chi connectivity index (χ2n) is 6.68. The Hall–Kier alpha value is -2.41. The molecule has 0 unspecified atom stereocenters. The number of hydrogen-bond donors (Lipinski definition) is 2. The molecule has 27 heavy (non-hydrogen) atoms. The molecule has 3 rings (SSSR count). The van der Waals surface area contributed by atoms with Crippen molar-refractivity contribution in [1.82, 2.24) is 0 Å². The third-order valence-corrected chi connectivity index (χ3v) is 4.77. The number of para-hydroxylation sites is 1. The maximum atomic E-state index is 11.8. The first-order valence-corrected chi connectivity index (χ1v) is 8.92. The zero-order valence-electron chi connectivity index (χ0n) is 15.4. The fourth-order valence-electron chi connectivity index (χ4n) is 3.25. The largest absolute Gasteiger partial charge is 0.465 e. The SMILES string of the molecule is COC(=O)c1cccc(-c2ccccc2O[C@H]2C[C@@H](C)[C@@H](O)[C@@H](CO)O2)c1. The summed E-state index contributed by atoms with van der Waals surface area (Å²) in [6.45, 7) is 1.63. The number of rotatable bonds is 5. The van der Waals surface area contributed by atoms with Gasteiger partial charge in [-0.2, -0.15) is 0 Å². The van der Waals surface area contributed by atoms with Gasteiger partial charge in [-0.25, -0.2) is 4.79 Å². The fraction of sp³-hybridized carbons (Fsp3) is 0.381. The summed E-state index contributed by atoms with van der Waals surface area (Å²) in [5, 5.41) is 19.5. The average Bonchev–Trinajstić information content (AvgIpc) is 2.70. The molecule has 1 fully saturated rings. The van der Waals surface area contributed by atoms with E-state index in [0.717, 1.165) is 11.1 Å². The highest BCUT2D eigenvalue weighted by Crippen LogP contribution is 2.34. The number of carbonyl (C=O) groups is 1. The van der Waals surface area contributed by atoms with Gasteiger partial charge >= 0.3 is 5.97 Å². The number of benzene rings is 2. The van der Waals surface area contributed by atoms with Crippen molar-refractivity contribution in [2.45, 2.75) is 31.8 Å². The van der Waals surface area contributed by atoms with Crippen molar-refractivity contribution in [2.75, 3.05) is 13.7 Å². The van der Waals surface area contributed by atoms with Crippen LogP contribution in [0.4, 0.5) is 0 Å². The molecule has 1 aliphatic rings. The molecule has 0 radical (unpaired) electrons. The highest BCUT2D eigenvalue weighted by atomic mass is 16.7. The summed E-state index contributed by atoms with van der Waals surface area (Å²) in [7, 11) is 1.35. The van der Waals surface area contributed by atoms with Crippen LogP contribution in [-0.4, -0.2) is 48.4 Å². The van der Waals surface area contributed by atoms with Gasteiger partial charge in [0.1, 0.15) is 11.9 Å². The molecule has 0 spiro atoms. The van der Waals surface area contributed by atoms with Gasteiger partial charge in [0.2, 0.25) is 6.29 Å². The van der Waals surface area contributed by atoms with E-state index in [4.69, 9.17) is 14.2 Å². The molecule has 0 aromatic heterocycles. The molecule has 0 saturated carbocycles. The first-order valence-electron chi connectivity index (χ1n) is 8.92. The third-order valence-electron chi connectivity index (χ3n) is 4.77. The maximum absolute atomic E-state index is 11.8. The fourth-order valence-corrected chi connectivity index (χ4v) is 3.25. The Morgan fingerprint density at radius 3 is 2.74 bits per heavy atom. The summed E-state index contributed by atoms with van der Waals surface area (Å²) in [6.07, 6.45) is -1.46. The monoisotopic (exact) mass is 372 g/mol. The number of carbonyl (C=O) groups excluding carboxylic acids is 1. The minimum atomic E-state index is -0.721. The minimum Gasteiger partial charge on any atom is -0.465 e. The Bertz CT molecular complexity index is 790. The number of hydrogen-bond acceptors (Lipinski definition) is 6. The van der Waals surface area contributed by atoms with Crippen LogP contribution in [0.3, 0.4) is 0 Å². The third kappa shape index (κ3) is 4.30. The van der Waals surface area contributed by atoms with E-state index in [2.05, 4.69) is 0 Å². The van der Waals surface area contributed by atoms with Gasteiger partial charge in [-0.05, 0) is 29.7 Å². The average molecular weight is 372 g/mol. The second kappa shape index (κ2) is 8.52. The smallest absolute Gasteiger partial charge is 0.337 e. The van der Waals surface area contributed by atoms with Crippen molar-refractivity contribution in [2.24, 2.45) is 5.92 Å². The van der Waals surface area contributed by atoms with Crippen LogP contribution in [0.2, 0.25) is 0 Å². The van der Waals surface area contributed by atoms with Crippen LogP contribution in [-0.2, 0) is 9.47 Å². The number of aliphatic hydroxyl groups is 2. The molecule has 1 saturated heterocycles. The van der Waals surface area contributed by atoms with E-state index in [1.54, 1.807) is 18.2 Å². The van der Waals surface area contributed by atoms with E-state index < -0.39 is 24.5 Å². The van der Waals surface area contributed by atoms with Gasteiger partial charge in [0.25, 0.3) is 0 Å². The Morgan fingerprint density at radius 1 is 1.22 bits per heavy atom. The van der Waals surface area contributed by atoms with E-state index in [1.807, 2.05) is 37.3 Å². The van der Waals surface area contributed by atoms with E-state index in [0.29, 0.717) is 17.7 Å². The zero-order valence-corrected chi connectivity index (χ0v) is 15.4. The molecule has 6 heteroatoms. The molecular formula is C21H24O6. The lowest BCUT2D eigenvalue weighted by Crippen LogP contribution is -2.47. The first-order chi connectivity index (χ1) is 13.0. The summed E-state index contributed by atoms with van der Waals surface area (Å²) in [4.78, 5) is 11.8. The molecule has 1 aliphatic heterocycles. The van der Waals surface area contributed by atoms with Crippen molar-refractivity contribution in [3.63, 3.8) is 0 Å². The van der Waals surface area contributed by atoms with Crippen molar-refractivity contribution < 1.29 is 29.2 Å². The Labute approximate surface area is 158 Å². The van der Waals surface area contributed by atoms with Gasteiger partial charge in [-0.3, -0.25) is 0 Å². The van der Waals surface area contributed by atoms with E-state index in [-0.39, 0.29) is 12.5 Å². The summed E-state index contributed by atoms with van der Waals surface area (Å²) < 4.78 is 16.5. The Morgan fingerprint density at radius 2 is 2.00 bits per heavy atom. The van der Waals surface area contributed by atoms with E-state index in [9.17, 15) is 15.0 Å². The molecular weight excluding hydrogens is 348 g/mol. The number of esters is 1. The number of aliphatic hydroxyl groups excluding tert-OH is 2. The summed E-state index contributed by atoms with van der Waals surface area (Å²) in [5.74, 6) is 0.139. The molecule has 0 bridgehead atoms. The second-order valence-corrected chi connectivity index (χ2v) is 6.68. The molecule has 4 atom stereocenters. The molecule has 2 aromatic carbocycles. The van der Waals surface area contributed by atoms with Crippen molar-refractivity contribution in [1.29, 1.82) is 0 Å². The van der Waals surface area contributed by atoms with Crippen LogP contribution in [0.5, 0.6) is 5.75 Å². The molecule has 6 nitrogen and oxygen atoms in total. The normalized spacial score (nSPS) is 25.0. The van der Waals surface area contributed by atoms with Crippen LogP contribution >= 0.6 is 0 Å². The van der Waals surface area contributed by atoms with Gasteiger partial charge in [-0.15, -0.1) is 0 Å². The van der Waals surface area contributed by atoms with Crippen LogP contribution in [0.15, 0.2) is 48.5 Å². The molecule has 2 aromatic rings. The van der Waals surface area contributed by atoms with Crippen molar-refractivity contribution in [3.8, 4) is 16.9 Å². The number of methoxy groups -OCH3 is 1. The van der Waals surface area contributed by atoms with E-state index in [1.165, 1.54) is 7.11 Å². The van der Waals surface area contributed by atoms with Gasteiger partial charge in [0, 0.05) is 12.0 Å². The van der Waals surface area contributed by atoms with Gasteiger partial charge in [0.15, 0.2) is 0 Å². The first kappa shape index (κ1) is 19.4. The molecule has 0 aliphatic carbocycles. The summed E-state index contributed by atoms with van der Waals surface area (Å²) >= 11 is 0. The summed E-state index contributed by atoms with van der Waals surface area (Å²) in [5.41, 5.74) is 2.08. The quantitative estimate of drug-likeness (QED) is 0.785. The van der Waals surface area contributed by atoms with Gasteiger partial charge in [-0.1, -0.05) is 37.3 Å².